The molecule has 0 N–H and O–H groups in total. The third kappa shape index (κ3) is 8.36. The Hall–Kier alpha value is -2.87. The molecule has 0 radical (unpaired) electrons. The molecule has 8 heteroatoms. The van der Waals surface area contributed by atoms with Gasteiger partial charge in [-0.1, -0.05) is 31.6 Å². The zero-order valence-corrected chi connectivity index (χ0v) is 23.3. The fourth-order valence-electron chi connectivity index (χ4n) is 3.56. The van der Waals surface area contributed by atoms with Gasteiger partial charge in [-0.15, -0.1) is 0 Å². The maximum Gasteiger partial charge on any atom is 0.334 e. The van der Waals surface area contributed by atoms with Gasteiger partial charge in [-0.05, 0) is 84.1 Å². The number of unbranched alkanes of at least 4 members (excludes halogenated alkanes) is 1. The van der Waals surface area contributed by atoms with E-state index in [-0.39, 0.29) is 17.0 Å². The minimum Gasteiger partial charge on any atom is -0.457 e. The first-order valence-electron chi connectivity index (χ1n) is 12.0. The van der Waals surface area contributed by atoms with E-state index in [1.54, 1.807) is 12.1 Å². The number of esters is 1. The number of sulfone groups is 1. The van der Waals surface area contributed by atoms with E-state index in [9.17, 15) is 17.6 Å². The molecule has 0 saturated carbocycles. The van der Waals surface area contributed by atoms with Gasteiger partial charge < -0.3 is 4.74 Å². The average molecular weight is 517 g/mol. The lowest BCUT2D eigenvalue weighted by atomic mass is 9.97. The number of rotatable bonds is 9. The first-order chi connectivity index (χ1) is 16.6. The highest BCUT2D eigenvalue weighted by Gasteiger charge is 2.22. The molecule has 2 aromatic rings. The molecule has 0 amide bonds. The Labute approximate surface area is 214 Å². The Bertz CT molecular complexity index is 1250. The number of hydrogen-bond acceptors (Lipinski definition) is 6. The molecule has 1 heterocycles. The summed E-state index contributed by atoms with van der Waals surface area (Å²) in [5.74, 6) is -0.758. The molecule has 0 aliphatic rings. The van der Waals surface area contributed by atoms with Gasteiger partial charge in [-0.25, -0.2) is 27.6 Å². The van der Waals surface area contributed by atoms with Gasteiger partial charge in [0.1, 0.15) is 11.4 Å². The minimum atomic E-state index is -3.65. The van der Waals surface area contributed by atoms with Gasteiger partial charge in [0.15, 0.2) is 0 Å². The molecule has 196 valence electrons. The third-order valence-corrected chi connectivity index (χ3v) is 6.13. The van der Waals surface area contributed by atoms with Crippen LogP contribution in [0, 0.1) is 5.82 Å². The molecule has 2 rings (SSSR count). The van der Waals surface area contributed by atoms with E-state index in [2.05, 4.69) is 9.97 Å². The lowest BCUT2D eigenvalue weighted by molar-refractivity contribution is -0.150. The number of ether oxygens (including phenoxy) is 1. The van der Waals surface area contributed by atoms with Gasteiger partial charge in [0.25, 0.3) is 0 Å². The number of allylic oxidation sites excluding steroid dienone is 2. The number of aromatic nitrogens is 2. The average Bonchev–Trinajstić information content (AvgIpc) is 2.74. The monoisotopic (exact) mass is 516 g/mol. The molecule has 1 aromatic carbocycles. The number of carbonyl (C=O) groups is 1. The van der Waals surface area contributed by atoms with Crippen molar-refractivity contribution in [3.05, 3.63) is 58.6 Å². The summed E-state index contributed by atoms with van der Waals surface area (Å²) in [5.41, 5.74) is 3.37. The van der Waals surface area contributed by atoms with Crippen molar-refractivity contribution in [2.24, 2.45) is 0 Å². The molecule has 6 nitrogen and oxygen atoms in total. The van der Waals surface area contributed by atoms with Crippen LogP contribution in [-0.2, 0) is 19.4 Å². The normalized spacial score (nSPS) is 12.3. The van der Waals surface area contributed by atoms with Crippen LogP contribution in [0.15, 0.2) is 46.6 Å². The van der Waals surface area contributed by atoms with Crippen molar-refractivity contribution in [1.29, 1.82) is 0 Å². The largest absolute Gasteiger partial charge is 0.457 e. The number of hydrogen-bond donors (Lipinski definition) is 0. The summed E-state index contributed by atoms with van der Waals surface area (Å²) in [4.78, 5) is 21.3. The Morgan fingerprint density at radius 2 is 1.72 bits per heavy atom. The molecule has 0 bridgehead atoms. The van der Waals surface area contributed by atoms with Gasteiger partial charge in [0, 0.05) is 23.0 Å². The molecular weight excluding hydrogens is 479 g/mol. The quantitative estimate of drug-likeness (QED) is 0.160. The molecule has 36 heavy (non-hydrogen) atoms. The van der Waals surface area contributed by atoms with Gasteiger partial charge in [0.2, 0.25) is 15.0 Å². The number of halogens is 1. The highest BCUT2D eigenvalue weighted by molar-refractivity contribution is 7.90. The van der Waals surface area contributed by atoms with Crippen LogP contribution in [0.5, 0.6) is 0 Å². The predicted molar refractivity (Wildman–Crippen MR) is 142 cm³/mol. The summed E-state index contributed by atoms with van der Waals surface area (Å²) >= 11 is 0. The number of carbonyl (C=O) groups excluding carboxylic acids is 1. The second kappa shape index (κ2) is 11.9. The minimum absolute atomic E-state index is 0.0724. The maximum absolute atomic E-state index is 13.6. The Kier molecular flexibility index (Phi) is 9.71. The summed E-state index contributed by atoms with van der Waals surface area (Å²) < 4.78 is 43.6. The van der Waals surface area contributed by atoms with E-state index in [1.165, 1.54) is 12.1 Å². The fourth-order valence-corrected chi connectivity index (χ4v) is 4.08. The van der Waals surface area contributed by atoms with Crippen LogP contribution < -0.4 is 0 Å². The second-order valence-corrected chi connectivity index (χ2v) is 12.3. The van der Waals surface area contributed by atoms with Crippen LogP contribution in [-0.4, -0.2) is 36.2 Å². The van der Waals surface area contributed by atoms with Gasteiger partial charge in [-0.2, -0.15) is 0 Å². The van der Waals surface area contributed by atoms with E-state index in [4.69, 9.17) is 4.74 Å². The van der Waals surface area contributed by atoms with Gasteiger partial charge in [0.05, 0.1) is 11.4 Å². The van der Waals surface area contributed by atoms with Crippen molar-refractivity contribution < 1.29 is 22.3 Å². The van der Waals surface area contributed by atoms with Gasteiger partial charge in [-0.3, -0.25) is 0 Å². The van der Waals surface area contributed by atoms with E-state index < -0.39 is 21.3 Å². The zero-order valence-electron chi connectivity index (χ0n) is 22.5. The summed E-state index contributed by atoms with van der Waals surface area (Å²) in [6.45, 7) is 13.2. The molecule has 0 spiro atoms. The van der Waals surface area contributed by atoms with Crippen LogP contribution in [0.25, 0.3) is 17.3 Å². The fraction of sp³-hybridized carbons (Fsp3) is 0.464. The molecule has 0 aliphatic carbocycles. The van der Waals surface area contributed by atoms with Crippen molar-refractivity contribution in [3.63, 3.8) is 0 Å². The highest BCUT2D eigenvalue weighted by Crippen LogP contribution is 2.30. The lowest BCUT2D eigenvalue weighted by Crippen LogP contribution is -2.25. The van der Waals surface area contributed by atoms with Crippen LogP contribution in [0.4, 0.5) is 4.39 Å². The Morgan fingerprint density at radius 1 is 1.11 bits per heavy atom. The SMILES string of the molecule is CC(C)=C(CCC/C=C/c1c(-c2ccc(F)cc2)nc(S(C)(=O)=O)nc1C(C)C)C(=O)OC(C)(C)C. The molecule has 0 saturated heterocycles. The van der Waals surface area contributed by atoms with Crippen molar-refractivity contribution in [3.8, 4) is 11.3 Å². The first kappa shape index (κ1) is 29.4. The summed E-state index contributed by atoms with van der Waals surface area (Å²) in [6.07, 6.45) is 6.90. The Morgan fingerprint density at radius 3 is 2.22 bits per heavy atom. The number of nitrogens with zero attached hydrogens (tertiary/aromatic N) is 2. The zero-order chi connectivity index (χ0) is 27.3. The van der Waals surface area contributed by atoms with Crippen LogP contribution in [0.1, 0.15) is 84.9 Å². The lowest BCUT2D eigenvalue weighted by Gasteiger charge is -2.21. The summed E-state index contributed by atoms with van der Waals surface area (Å²) in [5, 5.41) is -0.256. The maximum atomic E-state index is 13.6. The van der Waals surface area contributed by atoms with Crippen molar-refractivity contribution in [1.82, 2.24) is 9.97 Å². The molecule has 0 fully saturated rings. The first-order valence-corrected chi connectivity index (χ1v) is 13.9. The standard InChI is InChI=1S/C28H37FN2O4S/c1-18(2)22(26(32)35-28(5,6)7)12-10-9-11-13-23-24(19(3)4)30-27(36(8,33)34)31-25(23)20-14-16-21(29)17-15-20/h11,13-17,19H,9-10,12H2,1-8H3/b13-11+. The number of benzene rings is 1. The van der Waals surface area contributed by atoms with E-state index in [0.717, 1.165) is 18.2 Å². The van der Waals surface area contributed by atoms with Crippen molar-refractivity contribution in [2.45, 2.75) is 84.4 Å². The molecule has 1 aromatic heterocycles. The van der Waals surface area contributed by atoms with Crippen molar-refractivity contribution in [2.75, 3.05) is 6.26 Å². The topological polar surface area (TPSA) is 86.2 Å². The second-order valence-electron chi connectivity index (χ2n) is 10.4. The predicted octanol–water partition coefficient (Wildman–Crippen LogP) is 6.67. The van der Waals surface area contributed by atoms with E-state index >= 15 is 0 Å². The van der Waals surface area contributed by atoms with Crippen molar-refractivity contribution >= 4 is 21.9 Å². The summed E-state index contributed by atoms with van der Waals surface area (Å²) in [6, 6.07) is 5.79. The molecule has 0 unspecified atom stereocenters. The van der Waals surface area contributed by atoms with Crippen LogP contribution in [0.3, 0.4) is 0 Å². The van der Waals surface area contributed by atoms with Crippen LogP contribution in [0.2, 0.25) is 0 Å². The van der Waals surface area contributed by atoms with E-state index in [1.807, 2.05) is 60.6 Å². The van der Waals surface area contributed by atoms with Gasteiger partial charge >= 0.3 is 5.97 Å². The third-order valence-electron chi connectivity index (χ3n) is 5.28. The Balaban J connectivity index is 2.37. The van der Waals surface area contributed by atoms with Crippen LogP contribution >= 0.6 is 0 Å². The smallest absolute Gasteiger partial charge is 0.334 e. The highest BCUT2D eigenvalue weighted by atomic mass is 32.2. The summed E-state index contributed by atoms with van der Waals surface area (Å²) in [7, 11) is -3.65. The molecule has 0 aliphatic heterocycles. The molecule has 0 atom stereocenters. The van der Waals surface area contributed by atoms with E-state index in [0.29, 0.717) is 40.9 Å². The molecular formula is C28H37FN2O4S.